The molecule has 0 radical (unpaired) electrons. The van der Waals surface area contributed by atoms with Crippen molar-refractivity contribution in [2.24, 2.45) is 5.92 Å². The lowest BCUT2D eigenvalue weighted by atomic mass is 9.86. The summed E-state index contributed by atoms with van der Waals surface area (Å²) in [5, 5.41) is 0.637. The summed E-state index contributed by atoms with van der Waals surface area (Å²) in [5.74, 6) is 0.866. The van der Waals surface area contributed by atoms with Crippen molar-refractivity contribution in [3.05, 3.63) is 33.3 Å². The Morgan fingerprint density at radius 2 is 1.95 bits per heavy atom. The topological polar surface area (TPSA) is 20.3 Å². The molecule has 1 amide bonds. The Kier molecular flexibility index (Phi) is 4.91. The minimum Gasteiger partial charge on any atom is -0.339 e. The van der Waals surface area contributed by atoms with Gasteiger partial charge in [0.1, 0.15) is 0 Å². The third kappa shape index (κ3) is 3.51. The molecule has 0 unspecified atom stereocenters. The predicted molar refractivity (Wildman–Crippen MR) is 82.7 cm³/mol. The fraction of sp³-hybridized carbons (Fsp3) is 0.533. The van der Waals surface area contributed by atoms with E-state index in [1.165, 1.54) is 12.8 Å². The maximum Gasteiger partial charge on any atom is 0.254 e. The zero-order valence-corrected chi connectivity index (χ0v) is 13.7. The maximum atomic E-state index is 12.5. The largest absolute Gasteiger partial charge is 0.339 e. The van der Waals surface area contributed by atoms with E-state index in [4.69, 9.17) is 11.6 Å². The van der Waals surface area contributed by atoms with E-state index in [-0.39, 0.29) is 5.91 Å². The highest BCUT2D eigenvalue weighted by Gasteiger charge is 2.26. The molecule has 1 saturated carbocycles. The standard InChI is InChI=1S/C15H19BrClNO/c1-10-3-6-12(7-4-10)18(2)15(19)13-8-5-11(17)9-14(13)16/h5,8-10,12H,3-4,6-7H2,1-2H3. The van der Waals surface area contributed by atoms with Crippen molar-refractivity contribution >= 4 is 33.4 Å². The second kappa shape index (κ2) is 6.27. The minimum atomic E-state index is 0.0723. The van der Waals surface area contributed by atoms with E-state index < -0.39 is 0 Å². The Labute approximate surface area is 128 Å². The molecular weight excluding hydrogens is 326 g/mol. The minimum absolute atomic E-state index is 0.0723. The van der Waals surface area contributed by atoms with Gasteiger partial charge in [0.15, 0.2) is 0 Å². The van der Waals surface area contributed by atoms with Crippen molar-refractivity contribution in [1.29, 1.82) is 0 Å². The van der Waals surface area contributed by atoms with Crippen molar-refractivity contribution in [2.75, 3.05) is 7.05 Å². The van der Waals surface area contributed by atoms with Gasteiger partial charge in [0.25, 0.3) is 5.91 Å². The number of hydrogen-bond donors (Lipinski definition) is 0. The van der Waals surface area contributed by atoms with Gasteiger partial charge in [-0.2, -0.15) is 0 Å². The number of nitrogens with zero attached hydrogens (tertiary/aromatic N) is 1. The Hall–Kier alpha value is -0.540. The van der Waals surface area contributed by atoms with Gasteiger partial charge in [-0.1, -0.05) is 18.5 Å². The van der Waals surface area contributed by atoms with Crippen LogP contribution < -0.4 is 0 Å². The summed E-state index contributed by atoms with van der Waals surface area (Å²) in [6, 6.07) is 5.68. The monoisotopic (exact) mass is 343 g/mol. The number of carbonyl (C=O) groups is 1. The van der Waals surface area contributed by atoms with Gasteiger partial charge in [-0.3, -0.25) is 4.79 Å². The number of hydrogen-bond acceptors (Lipinski definition) is 1. The molecule has 19 heavy (non-hydrogen) atoms. The quantitative estimate of drug-likeness (QED) is 0.758. The molecule has 0 spiro atoms. The van der Waals surface area contributed by atoms with Gasteiger partial charge in [0.2, 0.25) is 0 Å². The van der Waals surface area contributed by atoms with Crippen LogP contribution in [0.4, 0.5) is 0 Å². The van der Waals surface area contributed by atoms with E-state index in [0.717, 1.165) is 23.2 Å². The third-order valence-electron chi connectivity index (χ3n) is 4.01. The Morgan fingerprint density at radius 1 is 1.32 bits per heavy atom. The number of halogens is 2. The molecule has 0 atom stereocenters. The maximum absolute atomic E-state index is 12.5. The molecule has 4 heteroatoms. The normalized spacial score (nSPS) is 23.2. The molecule has 1 aliphatic carbocycles. The van der Waals surface area contributed by atoms with Gasteiger partial charge < -0.3 is 4.90 Å². The molecule has 0 heterocycles. The first kappa shape index (κ1) is 14.9. The van der Waals surface area contributed by atoms with Gasteiger partial charge in [-0.25, -0.2) is 0 Å². The van der Waals surface area contributed by atoms with Gasteiger partial charge >= 0.3 is 0 Å². The van der Waals surface area contributed by atoms with E-state index in [0.29, 0.717) is 16.6 Å². The molecule has 0 saturated heterocycles. The van der Waals surface area contributed by atoms with E-state index in [1.807, 2.05) is 11.9 Å². The number of carbonyl (C=O) groups excluding carboxylic acids is 1. The summed E-state index contributed by atoms with van der Waals surface area (Å²) in [4.78, 5) is 14.4. The van der Waals surface area contributed by atoms with Crippen molar-refractivity contribution in [1.82, 2.24) is 4.90 Å². The lowest BCUT2D eigenvalue weighted by Gasteiger charge is -2.33. The molecule has 0 aromatic heterocycles. The Morgan fingerprint density at radius 3 is 2.53 bits per heavy atom. The van der Waals surface area contributed by atoms with Gasteiger partial charge in [-0.15, -0.1) is 0 Å². The molecule has 1 aliphatic rings. The van der Waals surface area contributed by atoms with Crippen LogP contribution in [0.3, 0.4) is 0 Å². The molecular formula is C15H19BrClNO. The number of rotatable bonds is 2. The summed E-state index contributed by atoms with van der Waals surface area (Å²) in [6.45, 7) is 2.29. The van der Waals surface area contributed by atoms with Crippen molar-refractivity contribution < 1.29 is 4.79 Å². The highest BCUT2D eigenvalue weighted by atomic mass is 79.9. The highest BCUT2D eigenvalue weighted by molar-refractivity contribution is 9.10. The van der Waals surface area contributed by atoms with E-state index in [1.54, 1.807) is 18.2 Å². The summed E-state index contributed by atoms with van der Waals surface area (Å²) >= 11 is 9.33. The van der Waals surface area contributed by atoms with Crippen LogP contribution in [0.2, 0.25) is 5.02 Å². The van der Waals surface area contributed by atoms with Crippen molar-refractivity contribution in [3.8, 4) is 0 Å². The Balaban J connectivity index is 2.10. The molecule has 2 nitrogen and oxygen atoms in total. The number of amides is 1. The average Bonchev–Trinajstić information content (AvgIpc) is 2.38. The average molecular weight is 345 g/mol. The van der Waals surface area contributed by atoms with Gasteiger partial charge in [0.05, 0.1) is 5.56 Å². The van der Waals surface area contributed by atoms with Crippen LogP contribution in [0.25, 0.3) is 0 Å². The van der Waals surface area contributed by atoms with Crippen molar-refractivity contribution in [2.45, 2.75) is 38.6 Å². The first-order valence-corrected chi connectivity index (χ1v) is 7.88. The van der Waals surface area contributed by atoms with Crippen LogP contribution in [0.1, 0.15) is 43.0 Å². The summed E-state index contributed by atoms with van der Waals surface area (Å²) in [7, 11) is 1.91. The third-order valence-corrected chi connectivity index (χ3v) is 4.91. The predicted octanol–water partition coefficient (Wildman–Crippen LogP) is 4.75. The lowest BCUT2D eigenvalue weighted by molar-refractivity contribution is 0.0678. The molecule has 104 valence electrons. The zero-order chi connectivity index (χ0) is 14.0. The van der Waals surface area contributed by atoms with Crippen LogP contribution in [-0.4, -0.2) is 23.9 Å². The van der Waals surface area contributed by atoms with E-state index >= 15 is 0 Å². The summed E-state index contributed by atoms with van der Waals surface area (Å²) < 4.78 is 0.765. The van der Waals surface area contributed by atoms with Gasteiger partial charge in [0, 0.05) is 22.6 Å². The van der Waals surface area contributed by atoms with Crippen LogP contribution in [0.5, 0.6) is 0 Å². The fourth-order valence-electron chi connectivity index (χ4n) is 2.65. The molecule has 2 rings (SSSR count). The molecule has 1 fully saturated rings. The number of benzene rings is 1. The van der Waals surface area contributed by atoms with Gasteiger partial charge in [-0.05, 0) is 65.7 Å². The van der Waals surface area contributed by atoms with E-state index in [2.05, 4.69) is 22.9 Å². The lowest BCUT2D eigenvalue weighted by Crippen LogP contribution is -2.39. The van der Waals surface area contributed by atoms with Crippen LogP contribution in [0, 0.1) is 5.92 Å². The SMILES string of the molecule is CC1CCC(N(C)C(=O)c2ccc(Cl)cc2Br)CC1. The highest BCUT2D eigenvalue weighted by Crippen LogP contribution is 2.29. The second-order valence-corrected chi connectivity index (χ2v) is 6.74. The summed E-state index contributed by atoms with van der Waals surface area (Å²) in [5.41, 5.74) is 0.686. The van der Waals surface area contributed by atoms with Crippen LogP contribution in [0.15, 0.2) is 22.7 Å². The van der Waals surface area contributed by atoms with E-state index in [9.17, 15) is 4.79 Å². The first-order chi connectivity index (χ1) is 8.99. The molecule has 0 bridgehead atoms. The molecule has 1 aromatic carbocycles. The van der Waals surface area contributed by atoms with Crippen LogP contribution >= 0.6 is 27.5 Å². The molecule has 1 aromatic rings. The first-order valence-electron chi connectivity index (χ1n) is 6.71. The van der Waals surface area contributed by atoms with Crippen molar-refractivity contribution in [3.63, 3.8) is 0 Å². The fourth-order valence-corrected chi connectivity index (χ4v) is 3.50. The summed E-state index contributed by atoms with van der Waals surface area (Å²) in [6.07, 6.45) is 4.64. The Bertz CT molecular complexity index is 469. The van der Waals surface area contributed by atoms with Crippen LogP contribution in [-0.2, 0) is 0 Å². The molecule has 0 N–H and O–H groups in total. The zero-order valence-electron chi connectivity index (χ0n) is 11.3. The second-order valence-electron chi connectivity index (χ2n) is 5.45. The smallest absolute Gasteiger partial charge is 0.254 e. The molecule has 0 aliphatic heterocycles.